The summed E-state index contributed by atoms with van der Waals surface area (Å²) in [5.74, 6) is -0.561. The highest BCUT2D eigenvalue weighted by atomic mass is 32.2. The highest BCUT2D eigenvalue weighted by Gasteiger charge is 2.17. The fourth-order valence-corrected chi connectivity index (χ4v) is 3.42. The van der Waals surface area contributed by atoms with E-state index < -0.39 is 15.9 Å². The van der Waals surface area contributed by atoms with E-state index in [2.05, 4.69) is 15.0 Å². The zero-order valence-electron chi connectivity index (χ0n) is 13.4. The molecule has 1 aromatic carbocycles. The van der Waals surface area contributed by atoms with Gasteiger partial charge in [0.05, 0.1) is 4.90 Å². The van der Waals surface area contributed by atoms with Crippen LogP contribution in [0, 0.1) is 13.8 Å². The van der Waals surface area contributed by atoms with E-state index in [4.69, 9.17) is 0 Å². The Kier molecular flexibility index (Phi) is 5.53. The Morgan fingerprint density at radius 1 is 1.25 bits per heavy atom. The van der Waals surface area contributed by atoms with Crippen molar-refractivity contribution in [3.05, 3.63) is 47.7 Å². The molecule has 0 saturated carbocycles. The van der Waals surface area contributed by atoms with Gasteiger partial charge in [-0.15, -0.1) is 0 Å². The molecule has 0 aliphatic rings. The molecule has 8 heteroatoms. The molecule has 1 heterocycles. The minimum absolute atomic E-state index is 0.0416. The lowest BCUT2D eigenvalue weighted by molar-refractivity contribution is -0.116. The summed E-state index contributed by atoms with van der Waals surface area (Å²) < 4.78 is 27.0. The lowest BCUT2D eigenvalue weighted by Gasteiger charge is -2.10. The van der Waals surface area contributed by atoms with E-state index in [0.717, 1.165) is 5.56 Å². The number of carbonyl (C=O) groups excluding carboxylic acids is 1. The number of carbonyl (C=O) groups is 1. The van der Waals surface area contributed by atoms with Gasteiger partial charge in [0, 0.05) is 19.2 Å². The Labute approximate surface area is 140 Å². The highest BCUT2D eigenvalue weighted by molar-refractivity contribution is 7.89. The number of aromatic hydroxyl groups is 1. The van der Waals surface area contributed by atoms with Crippen molar-refractivity contribution in [3.63, 3.8) is 0 Å². The average Bonchev–Trinajstić information content (AvgIpc) is 2.51. The summed E-state index contributed by atoms with van der Waals surface area (Å²) in [6.45, 7) is 3.46. The second-order valence-electron chi connectivity index (χ2n) is 5.34. The number of nitrogens with zero attached hydrogens (tertiary/aromatic N) is 1. The largest absolute Gasteiger partial charge is 0.504 e. The number of hydrogen-bond acceptors (Lipinski definition) is 5. The van der Waals surface area contributed by atoms with E-state index in [1.54, 1.807) is 19.1 Å². The molecule has 128 valence electrons. The number of hydrogen-bond donors (Lipinski definition) is 3. The third-order valence-corrected chi connectivity index (χ3v) is 4.92. The third-order valence-electron chi connectivity index (χ3n) is 3.32. The standard InChI is InChI=1S/C16H19N3O4S/c1-11-5-6-12(2)14(10-11)24(22,23)18-9-7-15(21)19-16-13(20)4-3-8-17-16/h3-6,8,10,18,20H,7,9H2,1-2H3,(H,17,19,21). The van der Waals surface area contributed by atoms with Gasteiger partial charge < -0.3 is 10.4 Å². The van der Waals surface area contributed by atoms with Crippen LogP contribution in [-0.2, 0) is 14.8 Å². The number of amides is 1. The maximum Gasteiger partial charge on any atom is 0.240 e. The van der Waals surface area contributed by atoms with Crippen LogP contribution in [0.5, 0.6) is 5.75 Å². The fraction of sp³-hybridized carbons (Fsp3) is 0.250. The molecule has 0 bridgehead atoms. The van der Waals surface area contributed by atoms with E-state index in [0.29, 0.717) is 5.56 Å². The molecule has 0 unspecified atom stereocenters. The Hall–Kier alpha value is -2.45. The molecule has 0 radical (unpaired) electrons. The van der Waals surface area contributed by atoms with Gasteiger partial charge in [-0.1, -0.05) is 12.1 Å². The first-order chi connectivity index (χ1) is 11.3. The number of aryl methyl sites for hydroxylation is 2. The SMILES string of the molecule is Cc1ccc(C)c(S(=O)(=O)NCCC(=O)Nc2ncccc2O)c1. The van der Waals surface area contributed by atoms with Crippen molar-refractivity contribution >= 4 is 21.7 Å². The normalized spacial score (nSPS) is 11.2. The van der Waals surface area contributed by atoms with Crippen LogP contribution in [0.15, 0.2) is 41.4 Å². The lowest BCUT2D eigenvalue weighted by Crippen LogP contribution is -2.28. The Balaban J connectivity index is 1.94. The van der Waals surface area contributed by atoms with Crippen LogP contribution in [0.3, 0.4) is 0 Å². The molecule has 0 spiro atoms. The quantitative estimate of drug-likeness (QED) is 0.736. The molecule has 2 rings (SSSR count). The molecular formula is C16H19N3O4S. The first-order valence-corrected chi connectivity index (χ1v) is 8.78. The van der Waals surface area contributed by atoms with Crippen LogP contribution in [0.1, 0.15) is 17.5 Å². The Bertz CT molecular complexity index is 850. The Morgan fingerprint density at radius 2 is 2.00 bits per heavy atom. The van der Waals surface area contributed by atoms with Gasteiger partial charge in [0.2, 0.25) is 15.9 Å². The van der Waals surface area contributed by atoms with Crippen molar-refractivity contribution in [2.75, 3.05) is 11.9 Å². The van der Waals surface area contributed by atoms with Crippen molar-refractivity contribution < 1.29 is 18.3 Å². The van der Waals surface area contributed by atoms with Crippen LogP contribution >= 0.6 is 0 Å². The second-order valence-corrected chi connectivity index (χ2v) is 7.07. The van der Waals surface area contributed by atoms with Crippen LogP contribution in [0.25, 0.3) is 0 Å². The molecule has 0 atom stereocenters. The van der Waals surface area contributed by atoms with Crippen molar-refractivity contribution in [2.45, 2.75) is 25.2 Å². The van der Waals surface area contributed by atoms with Gasteiger partial charge in [-0.3, -0.25) is 4.79 Å². The molecule has 1 amide bonds. The summed E-state index contributed by atoms with van der Waals surface area (Å²) in [5, 5.41) is 12.0. The number of sulfonamides is 1. The van der Waals surface area contributed by atoms with Crippen molar-refractivity contribution in [1.82, 2.24) is 9.71 Å². The smallest absolute Gasteiger partial charge is 0.240 e. The number of nitrogens with one attached hydrogen (secondary N) is 2. The first kappa shape index (κ1) is 17.9. The van der Waals surface area contributed by atoms with Gasteiger partial charge in [0.1, 0.15) is 0 Å². The van der Waals surface area contributed by atoms with Crippen LogP contribution in [-0.4, -0.2) is 31.0 Å². The molecule has 3 N–H and O–H groups in total. The van der Waals surface area contributed by atoms with Crippen molar-refractivity contribution in [2.24, 2.45) is 0 Å². The van der Waals surface area contributed by atoms with Gasteiger partial charge in [-0.05, 0) is 43.2 Å². The number of pyridine rings is 1. The molecule has 0 aliphatic carbocycles. The number of rotatable bonds is 6. The van der Waals surface area contributed by atoms with Crippen LogP contribution < -0.4 is 10.0 Å². The fourth-order valence-electron chi connectivity index (χ4n) is 2.06. The predicted molar refractivity (Wildman–Crippen MR) is 90.3 cm³/mol. The molecule has 2 aromatic rings. The first-order valence-electron chi connectivity index (χ1n) is 7.30. The number of anilines is 1. The summed E-state index contributed by atoms with van der Waals surface area (Å²) in [7, 11) is -3.69. The summed E-state index contributed by atoms with van der Waals surface area (Å²) in [5.41, 5.74) is 1.47. The van der Waals surface area contributed by atoms with Crippen LogP contribution in [0.4, 0.5) is 5.82 Å². The highest BCUT2D eigenvalue weighted by Crippen LogP contribution is 2.18. The van der Waals surface area contributed by atoms with Gasteiger partial charge in [0.15, 0.2) is 11.6 Å². The molecule has 24 heavy (non-hydrogen) atoms. The second kappa shape index (κ2) is 7.41. The van der Waals surface area contributed by atoms with Crippen molar-refractivity contribution in [1.29, 1.82) is 0 Å². The molecule has 0 fully saturated rings. The topological polar surface area (TPSA) is 108 Å². The molecule has 0 aliphatic heterocycles. The summed E-state index contributed by atoms with van der Waals surface area (Å²) in [6, 6.07) is 8.08. The zero-order chi connectivity index (χ0) is 17.7. The molecular weight excluding hydrogens is 330 g/mol. The van der Waals surface area contributed by atoms with E-state index in [1.807, 2.05) is 13.0 Å². The monoisotopic (exact) mass is 349 g/mol. The number of benzene rings is 1. The van der Waals surface area contributed by atoms with E-state index in [9.17, 15) is 18.3 Å². The molecule has 0 saturated heterocycles. The van der Waals surface area contributed by atoms with Gasteiger partial charge in [-0.2, -0.15) is 0 Å². The lowest BCUT2D eigenvalue weighted by atomic mass is 10.2. The Morgan fingerprint density at radius 3 is 2.71 bits per heavy atom. The minimum atomic E-state index is -3.69. The van der Waals surface area contributed by atoms with E-state index >= 15 is 0 Å². The van der Waals surface area contributed by atoms with Crippen molar-refractivity contribution in [3.8, 4) is 5.75 Å². The van der Waals surface area contributed by atoms with Gasteiger partial charge in [-0.25, -0.2) is 18.1 Å². The minimum Gasteiger partial charge on any atom is -0.504 e. The van der Waals surface area contributed by atoms with Crippen LogP contribution in [0.2, 0.25) is 0 Å². The number of aromatic nitrogens is 1. The van der Waals surface area contributed by atoms with Gasteiger partial charge >= 0.3 is 0 Å². The molecule has 7 nitrogen and oxygen atoms in total. The summed E-state index contributed by atoms with van der Waals surface area (Å²) >= 11 is 0. The third kappa shape index (κ3) is 4.53. The predicted octanol–water partition coefficient (Wildman–Crippen LogP) is 1.71. The van der Waals surface area contributed by atoms with E-state index in [-0.39, 0.29) is 29.4 Å². The maximum atomic E-state index is 12.3. The summed E-state index contributed by atoms with van der Waals surface area (Å²) in [4.78, 5) is 15.8. The molecule has 1 aromatic heterocycles. The average molecular weight is 349 g/mol. The summed E-state index contributed by atoms with van der Waals surface area (Å²) in [6.07, 6.45) is 1.35. The van der Waals surface area contributed by atoms with Gasteiger partial charge in [0.25, 0.3) is 0 Å². The van der Waals surface area contributed by atoms with E-state index in [1.165, 1.54) is 18.3 Å². The maximum absolute atomic E-state index is 12.3. The zero-order valence-corrected chi connectivity index (χ0v) is 14.2.